The van der Waals surface area contributed by atoms with Gasteiger partial charge in [0.25, 0.3) is 0 Å². The highest BCUT2D eigenvalue weighted by Crippen LogP contribution is 2.04. The molecule has 1 rings (SSSR count). The molecule has 0 saturated heterocycles. The lowest BCUT2D eigenvalue weighted by Gasteiger charge is -2.14. The summed E-state index contributed by atoms with van der Waals surface area (Å²) in [6, 6.07) is 8.22. The first-order chi connectivity index (χ1) is 10.1. The molecule has 3 N–H and O–H groups in total. The fourth-order valence-electron chi connectivity index (χ4n) is 1.74. The van der Waals surface area contributed by atoms with Crippen LogP contribution < -0.4 is 10.5 Å². The maximum atomic E-state index is 11.6. The third kappa shape index (κ3) is 7.36. The molecule has 21 heavy (non-hydrogen) atoms. The minimum Gasteiger partial charge on any atom is -0.480 e. The van der Waals surface area contributed by atoms with Gasteiger partial charge in [0.05, 0.1) is 0 Å². The summed E-state index contributed by atoms with van der Waals surface area (Å²) < 4.78 is 4.99. The van der Waals surface area contributed by atoms with E-state index in [4.69, 9.17) is 17.8 Å². The number of carboxylic acids is 1. The molecule has 7 heteroatoms. The maximum absolute atomic E-state index is 11.6. The van der Waals surface area contributed by atoms with Gasteiger partial charge in [0.1, 0.15) is 12.6 Å². The summed E-state index contributed by atoms with van der Waals surface area (Å²) in [5, 5.41) is 13.9. The van der Waals surface area contributed by atoms with Gasteiger partial charge in [-0.3, -0.25) is 0 Å². The van der Waals surface area contributed by atoms with Crippen molar-refractivity contribution in [1.29, 1.82) is 0 Å². The number of hydrogen-bond acceptors (Lipinski definition) is 4. The van der Waals surface area contributed by atoms with Crippen molar-refractivity contribution >= 4 is 20.0 Å². The Bertz CT molecular complexity index is 442. The molecule has 0 aromatic heterocycles. The molecular weight excluding hydrogens is 271 g/mol. The Labute approximate surface area is 125 Å². The normalized spacial score (nSPS) is 11.6. The second-order valence-electron chi connectivity index (χ2n) is 4.55. The molecular formula is C14H19BN2O4. The first-order valence-electron chi connectivity index (χ1n) is 6.77. The summed E-state index contributed by atoms with van der Waals surface area (Å²) in [7, 11) is 5.12. The van der Waals surface area contributed by atoms with Crippen LogP contribution in [0.15, 0.2) is 30.3 Å². The van der Waals surface area contributed by atoms with Gasteiger partial charge in [0, 0.05) is 0 Å². The average molecular weight is 290 g/mol. The molecule has 2 radical (unpaired) electrons. The van der Waals surface area contributed by atoms with Gasteiger partial charge in [-0.05, 0) is 31.4 Å². The summed E-state index contributed by atoms with van der Waals surface area (Å²) in [5.74, 6) is -1.08. The van der Waals surface area contributed by atoms with Crippen molar-refractivity contribution in [1.82, 2.24) is 10.5 Å². The smallest absolute Gasteiger partial charge is 0.408 e. The Balaban J connectivity index is 2.33. The number of unbranched alkanes of at least 4 members (excludes halogenated alkanes) is 1. The van der Waals surface area contributed by atoms with E-state index in [2.05, 4.69) is 10.5 Å². The minimum absolute atomic E-state index is 0.107. The van der Waals surface area contributed by atoms with Crippen molar-refractivity contribution in [2.45, 2.75) is 31.9 Å². The third-order valence-corrected chi connectivity index (χ3v) is 2.87. The SMILES string of the molecule is [B]NCCCC[C@H](NC(=O)OCc1ccccc1)C(=O)O. The number of alkyl carbamates (subject to hydrolysis) is 1. The Kier molecular flexibility index (Phi) is 7.97. The van der Waals surface area contributed by atoms with Crippen molar-refractivity contribution < 1.29 is 19.4 Å². The van der Waals surface area contributed by atoms with Crippen molar-refractivity contribution in [2.24, 2.45) is 0 Å². The molecule has 0 bridgehead atoms. The van der Waals surface area contributed by atoms with Crippen LogP contribution in [0.5, 0.6) is 0 Å². The first kappa shape index (κ1) is 17.0. The van der Waals surface area contributed by atoms with Crippen LogP contribution in [-0.2, 0) is 16.1 Å². The minimum atomic E-state index is -1.08. The van der Waals surface area contributed by atoms with Crippen LogP contribution in [0.1, 0.15) is 24.8 Å². The summed E-state index contributed by atoms with van der Waals surface area (Å²) in [6.45, 7) is 0.709. The van der Waals surface area contributed by atoms with E-state index >= 15 is 0 Å². The fourth-order valence-corrected chi connectivity index (χ4v) is 1.74. The van der Waals surface area contributed by atoms with Crippen molar-refractivity contribution in [2.75, 3.05) is 6.54 Å². The van der Waals surface area contributed by atoms with E-state index in [1.54, 1.807) is 0 Å². The van der Waals surface area contributed by atoms with Crippen LogP contribution in [0.25, 0.3) is 0 Å². The lowest BCUT2D eigenvalue weighted by molar-refractivity contribution is -0.139. The molecule has 6 nitrogen and oxygen atoms in total. The van der Waals surface area contributed by atoms with E-state index < -0.39 is 18.1 Å². The Morgan fingerprint density at radius 1 is 1.24 bits per heavy atom. The number of rotatable bonds is 9. The molecule has 0 aliphatic rings. The topological polar surface area (TPSA) is 87.7 Å². The monoisotopic (exact) mass is 290 g/mol. The third-order valence-electron chi connectivity index (χ3n) is 2.87. The van der Waals surface area contributed by atoms with Gasteiger partial charge in [-0.2, -0.15) is 0 Å². The summed E-state index contributed by atoms with van der Waals surface area (Å²) in [5.41, 5.74) is 0.841. The van der Waals surface area contributed by atoms with Crippen LogP contribution in [0.2, 0.25) is 0 Å². The quantitative estimate of drug-likeness (QED) is 0.470. The Hall–Kier alpha value is -2.02. The second-order valence-corrected chi connectivity index (χ2v) is 4.55. The predicted molar refractivity (Wildman–Crippen MR) is 78.8 cm³/mol. The molecule has 0 aliphatic heterocycles. The zero-order valence-electron chi connectivity index (χ0n) is 11.7. The predicted octanol–water partition coefficient (Wildman–Crippen LogP) is 1.21. The molecule has 1 aromatic carbocycles. The molecule has 112 valence electrons. The highest BCUT2D eigenvalue weighted by atomic mass is 16.5. The average Bonchev–Trinajstić information content (AvgIpc) is 2.49. The molecule has 1 atom stereocenters. The number of carbonyl (C=O) groups is 2. The van der Waals surface area contributed by atoms with Crippen molar-refractivity contribution in [3.05, 3.63) is 35.9 Å². The van der Waals surface area contributed by atoms with E-state index in [0.717, 1.165) is 12.0 Å². The number of ether oxygens (including phenoxy) is 1. The fraction of sp³-hybridized carbons (Fsp3) is 0.429. The van der Waals surface area contributed by atoms with Gasteiger partial charge in [0.15, 0.2) is 7.98 Å². The Morgan fingerprint density at radius 3 is 2.57 bits per heavy atom. The van der Waals surface area contributed by atoms with Gasteiger partial charge < -0.3 is 20.4 Å². The highest BCUT2D eigenvalue weighted by molar-refractivity contribution is 6.04. The molecule has 0 fully saturated rings. The molecule has 0 heterocycles. The molecule has 0 spiro atoms. The number of nitrogens with one attached hydrogen (secondary N) is 2. The lowest BCUT2D eigenvalue weighted by atomic mass is 10.1. The number of carboxylic acid groups (broad SMARTS) is 1. The molecule has 0 saturated carbocycles. The van der Waals surface area contributed by atoms with Crippen molar-refractivity contribution in [3.8, 4) is 0 Å². The van der Waals surface area contributed by atoms with E-state index in [-0.39, 0.29) is 6.61 Å². The molecule has 0 unspecified atom stereocenters. The molecule has 1 amide bonds. The summed E-state index contributed by atoms with van der Waals surface area (Å²) >= 11 is 0. The molecule has 1 aromatic rings. The zero-order chi connectivity index (χ0) is 15.5. The largest absolute Gasteiger partial charge is 0.480 e. The van der Waals surface area contributed by atoms with Crippen LogP contribution in [0.3, 0.4) is 0 Å². The van der Waals surface area contributed by atoms with E-state index in [0.29, 0.717) is 19.4 Å². The van der Waals surface area contributed by atoms with Crippen molar-refractivity contribution in [3.63, 3.8) is 0 Å². The van der Waals surface area contributed by atoms with Gasteiger partial charge in [-0.15, -0.1) is 0 Å². The van der Waals surface area contributed by atoms with E-state index in [9.17, 15) is 9.59 Å². The molecule has 0 aliphatic carbocycles. The highest BCUT2D eigenvalue weighted by Gasteiger charge is 2.19. The van der Waals surface area contributed by atoms with Crippen LogP contribution in [0.4, 0.5) is 4.79 Å². The number of benzene rings is 1. The van der Waals surface area contributed by atoms with E-state index in [1.165, 1.54) is 0 Å². The second kappa shape index (κ2) is 9.82. The number of amides is 1. The summed E-state index contributed by atoms with van der Waals surface area (Å²) in [4.78, 5) is 22.7. The Morgan fingerprint density at radius 2 is 1.95 bits per heavy atom. The van der Waals surface area contributed by atoms with Gasteiger partial charge in [0.2, 0.25) is 0 Å². The summed E-state index contributed by atoms with van der Waals surface area (Å²) in [6.07, 6.45) is 0.974. The van der Waals surface area contributed by atoms with Crippen LogP contribution in [0, 0.1) is 0 Å². The number of aliphatic carboxylic acids is 1. The standard InChI is InChI=1S/C14H19BN2O4/c15-16-9-5-4-8-12(13(18)19)17-14(20)21-10-11-6-2-1-3-7-11/h1-3,6-7,12,16H,4-5,8-10H2,(H,17,20)(H,18,19)/t12-/m0/s1. The lowest BCUT2D eigenvalue weighted by Crippen LogP contribution is -2.41. The first-order valence-corrected chi connectivity index (χ1v) is 6.77. The van der Waals surface area contributed by atoms with Gasteiger partial charge in [-0.25, -0.2) is 9.59 Å². The zero-order valence-corrected chi connectivity index (χ0v) is 11.7. The number of carbonyl (C=O) groups excluding carboxylic acids is 1. The van der Waals surface area contributed by atoms with Crippen LogP contribution >= 0.6 is 0 Å². The number of hydrogen-bond donors (Lipinski definition) is 3. The van der Waals surface area contributed by atoms with Crippen LogP contribution in [-0.4, -0.2) is 37.7 Å². The van der Waals surface area contributed by atoms with E-state index in [1.807, 2.05) is 30.3 Å². The maximum Gasteiger partial charge on any atom is 0.408 e. The van der Waals surface area contributed by atoms with Gasteiger partial charge in [-0.1, -0.05) is 30.3 Å². The van der Waals surface area contributed by atoms with Gasteiger partial charge >= 0.3 is 12.1 Å².